The van der Waals surface area contributed by atoms with Gasteiger partial charge in [-0.05, 0) is 30.3 Å². The smallest absolute Gasteiger partial charge is 0.327 e. The van der Waals surface area contributed by atoms with E-state index < -0.39 is 5.82 Å². The predicted molar refractivity (Wildman–Crippen MR) is 82.6 cm³/mol. The number of anilines is 1. The predicted octanol–water partition coefficient (Wildman–Crippen LogP) is 2.72. The third kappa shape index (κ3) is 3.08. The van der Waals surface area contributed by atoms with Crippen molar-refractivity contribution in [2.45, 2.75) is 6.54 Å². The zero-order chi connectivity index (χ0) is 16.4. The minimum Gasteiger partial charge on any atom is -0.468 e. The van der Waals surface area contributed by atoms with Crippen LogP contribution in [0.4, 0.5) is 10.1 Å². The normalized spacial score (nSPS) is 10.7. The highest BCUT2D eigenvalue weighted by Gasteiger charge is 2.09. The third-order valence-corrected chi connectivity index (χ3v) is 3.32. The number of nitrogens with zero attached hydrogens (tertiary/aromatic N) is 2. The number of esters is 1. The van der Waals surface area contributed by atoms with Crippen molar-refractivity contribution >= 4 is 22.6 Å². The number of hydrogen-bond donors (Lipinski definition) is 1. The molecule has 23 heavy (non-hydrogen) atoms. The summed E-state index contributed by atoms with van der Waals surface area (Å²) >= 11 is 0. The first-order chi connectivity index (χ1) is 11.1. The Bertz CT molecular complexity index is 876. The molecule has 7 heteroatoms. The minimum atomic E-state index is -0.422. The van der Waals surface area contributed by atoms with Crippen molar-refractivity contribution in [1.82, 2.24) is 9.78 Å². The van der Waals surface area contributed by atoms with Gasteiger partial charge in [0.1, 0.15) is 18.1 Å². The van der Waals surface area contributed by atoms with Crippen LogP contribution in [0.25, 0.3) is 10.9 Å². The van der Waals surface area contributed by atoms with Gasteiger partial charge in [-0.25, -0.2) is 4.39 Å². The summed E-state index contributed by atoms with van der Waals surface area (Å²) in [6, 6.07) is 9.20. The lowest BCUT2D eigenvalue weighted by atomic mass is 10.2. The lowest BCUT2D eigenvalue weighted by Crippen LogP contribution is -2.12. The molecular formula is C16H14FN3O3. The Kier molecular flexibility index (Phi) is 3.84. The number of aromatic nitrogens is 2. The maximum Gasteiger partial charge on any atom is 0.327 e. The summed E-state index contributed by atoms with van der Waals surface area (Å²) in [5, 5.41) is 4.94. The molecule has 1 heterocycles. The fraction of sp³-hybridized carbons (Fsp3) is 0.125. The first-order valence-electron chi connectivity index (χ1n) is 6.82. The first kappa shape index (κ1) is 14.8. The molecule has 0 aliphatic carbocycles. The number of carbonyl (C=O) groups is 1. The van der Waals surface area contributed by atoms with Crippen molar-refractivity contribution in [3.05, 3.63) is 48.4 Å². The highest BCUT2D eigenvalue weighted by molar-refractivity contribution is 5.82. The molecule has 0 unspecified atom stereocenters. The SMILES string of the molecule is COC(=O)Cn1ncc2cc(Oc3ccc(F)cc3N)ccc21. The van der Waals surface area contributed by atoms with Crippen molar-refractivity contribution in [1.29, 1.82) is 0 Å². The molecule has 0 atom stereocenters. The summed E-state index contributed by atoms with van der Waals surface area (Å²) in [5.74, 6) is 0.102. The summed E-state index contributed by atoms with van der Waals surface area (Å²) in [7, 11) is 1.33. The number of benzene rings is 2. The second-order valence-corrected chi connectivity index (χ2v) is 4.88. The second kappa shape index (κ2) is 5.96. The molecular weight excluding hydrogens is 301 g/mol. The summed E-state index contributed by atoms with van der Waals surface area (Å²) in [5.41, 5.74) is 6.71. The molecule has 6 nitrogen and oxygen atoms in total. The molecule has 0 radical (unpaired) electrons. The summed E-state index contributed by atoms with van der Waals surface area (Å²) in [6.07, 6.45) is 1.62. The van der Waals surface area contributed by atoms with E-state index in [1.807, 2.05) is 0 Å². The number of ether oxygens (including phenoxy) is 2. The van der Waals surface area contributed by atoms with Crippen LogP contribution in [0.15, 0.2) is 42.6 Å². The number of rotatable bonds is 4. The molecule has 0 bridgehead atoms. The Balaban J connectivity index is 1.87. The average Bonchev–Trinajstić information content (AvgIpc) is 2.92. The summed E-state index contributed by atoms with van der Waals surface area (Å²) < 4.78 is 24.9. The van der Waals surface area contributed by atoms with E-state index in [4.69, 9.17) is 10.5 Å². The Morgan fingerprint density at radius 2 is 2.13 bits per heavy atom. The average molecular weight is 315 g/mol. The molecule has 0 spiro atoms. The van der Waals surface area contributed by atoms with Crippen molar-refractivity contribution in [2.75, 3.05) is 12.8 Å². The molecule has 0 fully saturated rings. The van der Waals surface area contributed by atoms with Crippen LogP contribution in [-0.2, 0) is 16.1 Å². The van der Waals surface area contributed by atoms with Crippen LogP contribution >= 0.6 is 0 Å². The monoisotopic (exact) mass is 315 g/mol. The Labute approximate surface area is 131 Å². The third-order valence-electron chi connectivity index (χ3n) is 3.32. The van der Waals surface area contributed by atoms with Crippen molar-refractivity contribution in [3.8, 4) is 11.5 Å². The molecule has 0 amide bonds. The van der Waals surface area contributed by atoms with Gasteiger partial charge in [-0.1, -0.05) is 0 Å². The number of carbonyl (C=O) groups excluding carboxylic acids is 1. The van der Waals surface area contributed by atoms with E-state index in [1.54, 1.807) is 24.4 Å². The van der Waals surface area contributed by atoms with Gasteiger partial charge in [0.25, 0.3) is 0 Å². The van der Waals surface area contributed by atoms with Crippen molar-refractivity contribution in [3.63, 3.8) is 0 Å². The van der Waals surface area contributed by atoms with E-state index >= 15 is 0 Å². The Morgan fingerprint density at radius 3 is 2.87 bits per heavy atom. The molecule has 2 aromatic carbocycles. The molecule has 118 valence electrons. The standard InChI is InChI=1S/C16H14FN3O3/c1-22-16(21)9-20-14-4-3-12(6-10(14)8-19-20)23-15-5-2-11(17)7-13(15)18/h2-8H,9,18H2,1H3. The van der Waals surface area contributed by atoms with E-state index in [0.717, 1.165) is 10.9 Å². The van der Waals surface area contributed by atoms with Crippen LogP contribution in [-0.4, -0.2) is 22.9 Å². The fourth-order valence-electron chi connectivity index (χ4n) is 2.18. The lowest BCUT2D eigenvalue weighted by molar-refractivity contribution is -0.141. The number of methoxy groups -OCH3 is 1. The van der Waals surface area contributed by atoms with Gasteiger partial charge in [0.05, 0.1) is 24.5 Å². The molecule has 1 aromatic heterocycles. The van der Waals surface area contributed by atoms with Gasteiger partial charge in [0, 0.05) is 11.5 Å². The maximum absolute atomic E-state index is 13.0. The molecule has 0 saturated heterocycles. The molecule has 3 aromatic rings. The van der Waals surface area contributed by atoms with Crippen LogP contribution in [0.2, 0.25) is 0 Å². The second-order valence-electron chi connectivity index (χ2n) is 4.88. The van der Waals surface area contributed by atoms with Crippen LogP contribution < -0.4 is 10.5 Å². The number of nitrogen functional groups attached to an aromatic ring is 1. The quantitative estimate of drug-likeness (QED) is 0.591. The van der Waals surface area contributed by atoms with Crippen LogP contribution in [0.1, 0.15) is 0 Å². The van der Waals surface area contributed by atoms with Gasteiger partial charge < -0.3 is 15.2 Å². The number of nitrogens with two attached hydrogens (primary N) is 1. The van der Waals surface area contributed by atoms with E-state index in [-0.39, 0.29) is 18.2 Å². The van der Waals surface area contributed by atoms with Gasteiger partial charge in [-0.3, -0.25) is 9.48 Å². The summed E-state index contributed by atoms with van der Waals surface area (Å²) in [6.45, 7) is 0.0329. The molecule has 0 saturated carbocycles. The first-order valence-corrected chi connectivity index (χ1v) is 6.82. The van der Waals surface area contributed by atoms with Gasteiger partial charge in [0.15, 0.2) is 5.75 Å². The minimum absolute atomic E-state index is 0.0329. The van der Waals surface area contributed by atoms with Crippen molar-refractivity contribution in [2.24, 2.45) is 0 Å². The van der Waals surface area contributed by atoms with Gasteiger partial charge in [0.2, 0.25) is 0 Å². The molecule has 3 rings (SSSR count). The maximum atomic E-state index is 13.0. The van der Waals surface area contributed by atoms with Gasteiger partial charge >= 0.3 is 5.97 Å². The highest BCUT2D eigenvalue weighted by atomic mass is 19.1. The van der Waals surface area contributed by atoms with E-state index in [2.05, 4.69) is 9.84 Å². The van der Waals surface area contributed by atoms with Crippen LogP contribution in [0.3, 0.4) is 0 Å². The van der Waals surface area contributed by atoms with Crippen LogP contribution in [0, 0.1) is 5.82 Å². The topological polar surface area (TPSA) is 79.4 Å². The van der Waals surface area contributed by atoms with Gasteiger partial charge in [-0.15, -0.1) is 0 Å². The Hall–Kier alpha value is -3.09. The number of halogens is 1. The summed E-state index contributed by atoms with van der Waals surface area (Å²) in [4.78, 5) is 11.3. The number of hydrogen-bond acceptors (Lipinski definition) is 5. The zero-order valence-corrected chi connectivity index (χ0v) is 12.3. The molecule has 0 aliphatic rings. The fourth-order valence-corrected chi connectivity index (χ4v) is 2.18. The zero-order valence-electron chi connectivity index (χ0n) is 12.3. The number of fused-ring (bicyclic) bond motifs is 1. The van der Waals surface area contributed by atoms with Crippen LogP contribution in [0.5, 0.6) is 11.5 Å². The van der Waals surface area contributed by atoms with E-state index in [1.165, 1.54) is 30.0 Å². The largest absolute Gasteiger partial charge is 0.468 e. The Morgan fingerprint density at radius 1 is 1.30 bits per heavy atom. The van der Waals surface area contributed by atoms with Gasteiger partial charge in [-0.2, -0.15) is 5.10 Å². The molecule has 2 N–H and O–H groups in total. The van der Waals surface area contributed by atoms with E-state index in [0.29, 0.717) is 11.5 Å². The highest BCUT2D eigenvalue weighted by Crippen LogP contribution is 2.30. The van der Waals surface area contributed by atoms with E-state index in [9.17, 15) is 9.18 Å². The van der Waals surface area contributed by atoms with Crippen molar-refractivity contribution < 1.29 is 18.7 Å². The lowest BCUT2D eigenvalue weighted by Gasteiger charge is -2.09. The molecule has 0 aliphatic heterocycles.